The summed E-state index contributed by atoms with van der Waals surface area (Å²) in [7, 11) is -3.81. The fraction of sp³-hybridized carbons (Fsp3) is 0.364. The Balaban J connectivity index is 2.96. The maximum atomic E-state index is 11.4. The summed E-state index contributed by atoms with van der Waals surface area (Å²) in [4.78, 5) is 11.3. The van der Waals surface area contributed by atoms with Crippen LogP contribution in [0.2, 0.25) is 0 Å². The molecular formula is C11H16N2O4S. The van der Waals surface area contributed by atoms with Gasteiger partial charge in [-0.15, -0.1) is 0 Å². The van der Waals surface area contributed by atoms with E-state index in [1.165, 1.54) is 6.07 Å². The number of carbonyl (C=O) groups excluding carboxylic acids is 1. The van der Waals surface area contributed by atoms with Crippen LogP contribution in [0.25, 0.3) is 0 Å². The number of primary sulfonamides is 1. The second-order valence-electron chi connectivity index (χ2n) is 4.10. The maximum Gasteiger partial charge on any atom is 0.411 e. The molecule has 0 radical (unpaired) electrons. The van der Waals surface area contributed by atoms with Crippen molar-refractivity contribution in [1.82, 2.24) is 0 Å². The van der Waals surface area contributed by atoms with Gasteiger partial charge in [0.05, 0.1) is 11.0 Å². The minimum atomic E-state index is -3.81. The van der Waals surface area contributed by atoms with Gasteiger partial charge in [0.2, 0.25) is 10.0 Å². The quantitative estimate of drug-likeness (QED) is 0.873. The third-order valence-electron chi connectivity index (χ3n) is 2.08. The van der Waals surface area contributed by atoms with Crippen LogP contribution in [0, 0.1) is 6.92 Å². The lowest BCUT2D eigenvalue weighted by molar-refractivity contribution is 0.130. The Morgan fingerprint density at radius 2 is 2.00 bits per heavy atom. The van der Waals surface area contributed by atoms with Crippen LogP contribution in [-0.2, 0) is 14.8 Å². The molecule has 0 unspecified atom stereocenters. The number of ether oxygens (including phenoxy) is 1. The van der Waals surface area contributed by atoms with Crippen molar-refractivity contribution in [3.63, 3.8) is 0 Å². The van der Waals surface area contributed by atoms with E-state index in [1.807, 2.05) is 0 Å². The molecule has 1 amide bonds. The molecule has 0 fully saturated rings. The summed E-state index contributed by atoms with van der Waals surface area (Å²) in [5.74, 6) is 0. The highest BCUT2D eigenvalue weighted by Crippen LogP contribution is 2.19. The van der Waals surface area contributed by atoms with Gasteiger partial charge in [-0.05, 0) is 38.5 Å². The topological polar surface area (TPSA) is 98.5 Å². The van der Waals surface area contributed by atoms with Gasteiger partial charge in [-0.25, -0.2) is 18.4 Å². The maximum absolute atomic E-state index is 11.4. The van der Waals surface area contributed by atoms with Crippen molar-refractivity contribution in [2.24, 2.45) is 5.14 Å². The lowest BCUT2D eigenvalue weighted by atomic mass is 10.2. The van der Waals surface area contributed by atoms with Gasteiger partial charge >= 0.3 is 6.09 Å². The Hall–Kier alpha value is -1.60. The molecule has 1 aromatic rings. The summed E-state index contributed by atoms with van der Waals surface area (Å²) in [5, 5.41) is 7.50. The fourth-order valence-electron chi connectivity index (χ4n) is 1.35. The summed E-state index contributed by atoms with van der Waals surface area (Å²) in [5.41, 5.74) is 0.829. The Kier molecular flexibility index (Phi) is 4.31. The minimum Gasteiger partial charge on any atom is -0.447 e. The first-order chi connectivity index (χ1) is 8.20. The zero-order valence-electron chi connectivity index (χ0n) is 10.4. The highest BCUT2D eigenvalue weighted by molar-refractivity contribution is 7.89. The van der Waals surface area contributed by atoms with E-state index in [9.17, 15) is 13.2 Å². The molecule has 1 aromatic carbocycles. The number of amides is 1. The van der Waals surface area contributed by atoms with Crippen molar-refractivity contribution in [3.05, 3.63) is 23.8 Å². The van der Waals surface area contributed by atoms with E-state index < -0.39 is 16.1 Å². The first-order valence-corrected chi connectivity index (χ1v) is 6.86. The average Bonchev–Trinajstić information content (AvgIpc) is 2.17. The van der Waals surface area contributed by atoms with Gasteiger partial charge in [0.15, 0.2) is 0 Å². The molecule has 0 spiro atoms. The average molecular weight is 272 g/mol. The Labute approximate surface area is 106 Å². The molecular weight excluding hydrogens is 256 g/mol. The number of hydrogen-bond donors (Lipinski definition) is 2. The molecule has 0 atom stereocenters. The first kappa shape index (κ1) is 14.5. The van der Waals surface area contributed by atoms with Gasteiger partial charge in [0.1, 0.15) is 0 Å². The van der Waals surface area contributed by atoms with E-state index in [1.54, 1.807) is 32.9 Å². The number of aryl methyl sites for hydroxylation is 1. The Morgan fingerprint density at radius 1 is 1.39 bits per heavy atom. The second-order valence-corrected chi connectivity index (χ2v) is 5.63. The monoisotopic (exact) mass is 272 g/mol. The van der Waals surface area contributed by atoms with Gasteiger partial charge in [0, 0.05) is 5.69 Å². The van der Waals surface area contributed by atoms with Crippen LogP contribution < -0.4 is 10.5 Å². The second kappa shape index (κ2) is 5.36. The molecule has 0 saturated carbocycles. The van der Waals surface area contributed by atoms with E-state index in [4.69, 9.17) is 9.88 Å². The number of carbonyl (C=O) groups is 1. The van der Waals surface area contributed by atoms with Crippen LogP contribution in [0.4, 0.5) is 10.5 Å². The molecule has 6 nitrogen and oxygen atoms in total. The summed E-state index contributed by atoms with van der Waals surface area (Å²) in [6.45, 7) is 5.05. The number of anilines is 1. The van der Waals surface area contributed by atoms with Crippen LogP contribution >= 0.6 is 0 Å². The van der Waals surface area contributed by atoms with Crippen molar-refractivity contribution >= 4 is 21.8 Å². The molecule has 0 bridgehead atoms. The fourth-order valence-corrected chi connectivity index (χ4v) is 2.15. The van der Waals surface area contributed by atoms with Crippen LogP contribution in [0.3, 0.4) is 0 Å². The highest BCUT2D eigenvalue weighted by atomic mass is 32.2. The van der Waals surface area contributed by atoms with E-state index in [-0.39, 0.29) is 11.0 Å². The molecule has 3 N–H and O–H groups in total. The molecule has 0 aliphatic rings. The minimum absolute atomic E-state index is 0.0233. The van der Waals surface area contributed by atoms with Crippen molar-refractivity contribution < 1.29 is 17.9 Å². The number of sulfonamides is 1. The van der Waals surface area contributed by atoms with E-state index in [2.05, 4.69) is 5.32 Å². The van der Waals surface area contributed by atoms with Gasteiger partial charge in [0.25, 0.3) is 0 Å². The molecule has 1 rings (SSSR count). The molecule has 100 valence electrons. The van der Waals surface area contributed by atoms with Gasteiger partial charge in [-0.3, -0.25) is 5.32 Å². The third-order valence-corrected chi connectivity index (χ3v) is 3.14. The molecule has 0 aliphatic carbocycles. The van der Waals surface area contributed by atoms with Crippen molar-refractivity contribution in [2.45, 2.75) is 31.8 Å². The Bertz CT molecular complexity index is 552. The number of hydrogen-bond acceptors (Lipinski definition) is 4. The van der Waals surface area contributed by atoms with Gasteiger partial charge in [-0.2, -0.15) is 0 Å². The van der Waals surface area contributed by atoms with Crippen LogP contribution in [0.5, 0.6) is 0 Å². The zero-order chi connectivity index (χ0) is 13.9. The number of rotatable bonds is 3. The molecule has 0 aliphatic heterocycles. The van der Waals surface area contributed by atoms with Crippen molar-refractivity contribution in [2.75, 3.05) is 5.32 Å². The van der Waals surface area contributed by atoms with Gasteiger partial charge < -0.3 is 4.74 Å². The lowest BCUT2D eigenvalue weighted by Gasteiger charge is -2.11. The van der Waals surface area contributed by atoms with E-state index in [0.717, 1.165) is 0 Å². The van der Waals surface area contributed by atoms with Crippen molar-refractivity contribution in [3.8, 4) is 0 Å². The van der Waals surface area contributed by atoms with Crippen molar-refractivity contribution in [1.29, 1.82) is 0 Å². The number of nitrogens with one attached hydrogen (secondary N) is 1. The Morgan fingerprint density at radius 3 is 2.50 bits per heavy atom. The third kappa shape index (κ3) is 4.01. The summed E-state index contributed by atoms with van der Waals surface area (Å²) < 4.78 is 27.5. The molecule has 7 heteroatoms. The van der Waals surface area contributed by atoms with Crippen LogP contribution in [0.15, 0.2) is 23.1 Å². The lowest BCUT2D eigenvalue weighted by Crippen LogP contribution is -2.19. The summed E-state index contributed by atoms with van der Waals surface area (Å²) in [6.07, 6.45) is -0.901. The predicted molar refractivity (Wildman–Crippen MR) is 67.8 cm³/mol. The zero-order valence-corrected chi connectivity index (χ0v) is 11.2. The SMILES string of the molecule is Cc1ccc(NC(=O)OC(C)C)cc1S(N)(=O)=O. The number of benzene rings is 1. The molecule has 0 saturated heterocycles. The molecule has 0 aromatic heterocycles. The highest BCUT2D eigenvalue weighted by Gasteiger charge is 2.13. The molecule has 0 heterocycles. The van der Waals surface area contributed by atoms with Crippen LogP contribution in [0.1, 0.15) is 19.4 Å². The van der Waals surface area contributed by atoms with E-state index in [0.29, 0.717) is 11.3 Å². The largest absolute Gasteiger partial charge is 0.447 e. The smallest absolute Gasteiger partial charge is 0.411 e. The predicted octanol–water partition coefficient (Wildman–Crippen LogP) is 1.60. The summed E-state index contributed by atoms with van der Waals surface area (Å²) in [6, 6.07) is 4.43. The summed E-state index contributed by atoms with van der Waals surface area (Å²) >= 11 is 0. The first-order valence-electron chi connectivity index (χ1n) is 5.31. The van der Waals surface area contributed by atoms with Gasteiger partial charge in [-0.1, -0.05) is 6.07 Å². The standard InChI is InChI=1S/C11H16N2O4S/c1-7(2)17-11(14)13-9-5-4-8(3)10(6-9)18(12,15)16/h4-7H,1-3H3,(H,13,14)(H2,12,15,16). The molecule has 18 heavy (non-hydrogen) atoms. The number of nitrogens with two attached hydrogens (primary N) is 1. The van der Waals surface area contributed by atoms with Crippen LogP contribution in [-0.4, -0.2) is 20.6 Å². The normalized spacial score (nSPS) is 11.4. The van der Waals surface area contributed by atoms with E-state index >= 15 is 0 Å².